The largest absolute Gasteiger partial charge is 0.487 e. The van der Waals surface area contributed by atoms with Crippen LogP contribution in [0.4, 0.5) is 11.5 Å². The second-order valence-electron chi connectivity index (χ2n) is 7.65. The van der Waals surface area contributed by atoms with Crippen LogP contribution in [-0.4, -0.2) is 31.1 Å². The Morgan fingerprint density at radius 2 is 1.93 bits per heavy atom. The Kier molecular flexibility index (Phi) is 3.84. The standard InChI is InChI=1S/C22H19N5O2/c1-22(2)11-18(28)16-10-14(8-9-19(16)29-22)26-20-17-12-25-27(21(17)24-13-23-20)15-6-4-3-5-7-15/h3-10,12-13H,11H2,1-2H3,(H,23,24,26). The Balaban J connectivity index is 1.51. The van der Waals surface area contributed by atoms with Gasteiger partial charge in [0, 0.05) is 5.69 Å². The Morgan fingerprint density at radius 3 is 2.76 bits per heavy atom. The zero-order valence-corrected chi connectivity index (χ0v) is 16.1. The van der Waals surface area contributed by atoms with Gasteiger partial charge >= 0.3 is 0 Å². The molecule has 0 saturated heterocycles. The van der Waals surface area contributed by atoms with E-state index >= 15 is 0 Å². The van der Waals surface area contributed by atoms with E-state index in [1.54, 1.807) is 10.9 Å². The molecule has 1 aliphatic rings. The average Bonchev–Trinajstić information content (AvgIpc) is 3.14. The van der Waals surface area contributed by atoms with E-state index in [0.717, 1.165) is 16.8 Å². The molecular weight excluding hydrogens is 366 g/mol. The van der Waals surface area contributed by atoms with Crippen molar-refractivity contribution in [2.75, 3.05) is 5.32 Å². The third-order valence-electron chi connectivity index (χ3n) is 4.88. The number of ether oxygens (including phenoxy) is 1. The fourth-order valence-electron chi connectivity index (χ4n) is 3.57. The Bertz CT molecular complexity index is 1230. The normalized spacial score (nSPS) is 15.0. The van der Waals surface area contributed by atoms with Crippen molar-refractivity contribution in [2.24, 2.45) is 0 Å². The number of hydrogen-bond acceptors (Lipinski definition) is 6. The van der Waals surface area contributed by atoms with E-state index in [2.05, 4.69) is 20.4 Å². The van der Waals surface area contributed by atoms with E-state index in [1.165, 1.54) is 6.33 Å². The number of carbonyl (C=O) groups is 1. The van der Waals surface area contributed by atoms with Gasteiger partial charge in [0.15, 0.2) is 11.4 Å². The van der Waals surface area contributed by atoms with E-state index < -0.39 is 5.60 Å². The number of anilines is 2. The van der Waals surface area contributed by atoms with Gasteiger partial charge in [-0.25, -0.2) is 14.6 Å². The van der Waals surface area contributed by atoms with Crippen molar-refractivity contribution in [3.8, 4) is 11.4 Å². The lowest BCUT2D eigenvalue weighted by molar-refractivity contribution is 0.0620. The summed E-state index contributed by atoms with van der Waals surface area (Å²) in [5, 5.41) is 8.55. The van der Waals surface area contributed by atoms with Gasteiger partial charge in [0.05, 0.1) is 29.3 Å². The molecule has 3 heterocycles. The van der Waals surface area contributed by atoms with Crippen LogP contribution in [0.15, 0.2) is 61.1 Å². The third kappa shape index (κ3) is 3.10. The average molecular weight is 385 g/mol. The topological polar surface area (TPSA) is 81.9 Å². The second-order valence-corrected chi connectivity index (χ2v) is 7.65. The minimum absolute atomic E-state index is 0.0737. The van der Waals surface area contributed by atoms with Gasteiger partial charge in [-0.1, -0.05) is 18.2 Å². The van der Waals surface area contributed by atoms with Crippen LogP contribution in [0.25, 0.3) is 16.7 Å². The summed E-state index contributed by atoms with van der Waals surface area (Å²) in [4.78, 5) is 21.3. The van der Waals surface area contributed by atoms with Gasteiger partial charge < -0.3 is 10.1 Å². The lowest BCUT2D eigenvalue weighted by atomic mass is 9.93. The van der Waals surface area contributed by atoms with Gasteiger partial charge in [-0.3, -0.25) is 4.79 Å². The highest BCUT2D eigenvalue weighted by molar-refractivity contribution is 6.01. The summed E-state index contributed by atoms with van der Waals surface area (Å²) in [6.45, 7) is 3.84. The van der Waals surface area contributed by atoms with Crippen LogP contribution in [0.3, 0.4) is 0 Å². The predicted molar refractivity (Wildman–Crippen MR) is 110 cm³/mol. The Morgan fingerprint density at radius 1 is 1.10 bits per heavy atom. The Hall–Kier alpha value is -3.74. The summed E-state index contributed by atoms with van der Waals surface area (Å²) in [6, 6.07) is 15.3. The van der Waals surface area contributed by atoms with Crippen LogP contribution >= 0.6 is 0 Å². The monoisotopic (exact) mass is 385 g/mol. The summed E-state index contributed by atoms with van der Waals surface area (Å²) >= 11 is 0. The number of benzene rings is 2. The summed E-state index contributed by atoms with van der Waals surface area (Å²) < 4.78 is 7.70. The fourth-order valence-corrected chi connectivity index (χ4v) is 3.57. The molecule has 2 aromatic carbocycles. The molecule has 0 fully saturated rings. The van der Waals surface area contributed by atoms with Crippen molar-refractivity contribution in [1.29, 1.82) is 0 Å². The smallest absolute Gasteiger partial charge is 0.170 e. The number of para-hydroxylation sites is 1. The zero-order valence-electron chi connectivity index (χ0n) is 16.1. The van der Waals surface area contributed by atoms with Crippen molar-refractivity contribution in [3.05, 3.63) is 66.6 Å². The highest BCUT2D eigenvalue weighted by atomic mass is 16.5. The zero-order chi connectivity index (χ0) is 20.0. The molecule has 5 rings (SSSR count). The molecule has 7 nitrogen and oxygen atoms in total. The van der Waals surface area contributed by atoms with Gasteiger partial charge in [-0.15, -0.1) is 0 Å². The van der Waals surface area contributed by atoms with Gasteiger partial charge in [0.25, 0.3) is 0 Å². The number of nitrogens with zero attached hydrogens (tertiary/aromatic N) is 4. The number of hydrogen-bond donors (Lipinski definition) is 1. The number of ketones is 1. The summed E-state index contributed by atoms with van der Waals surface area (Å²) in [6.07, 6.45) is 3.59. The van der Waals surface area contributed by atoms with Crippen LogP contribution in [-0.2, 0) is 0 Å². The molecule has 0 amide bonds. The van der Waals surface area contributed by atoms with Crippen molar-refractivity contribution in [2.45, 2.75) is 25.9 Å². The maximum atomic E-state index is 12.5. The van der Waals surface area contributed by atoms with E-state index in [4.69, 9.17) is 4.74 Å². The number of fused-ring (bicyclic) bond motifs is 2. The molecule has 2 aromatic heterocycles. The molecule has 0 radical (unpaired) electrons. The Labute approximate surface area is 167 Å². The number of carbonyl (C=O) groups excluding carboxylic acids is 1. The maximum Gasteiger partial charge on any atom is 0.170 e. The van der Waals surface area contributed by atoms with Crippen LogP contribution < -0.4 is 10.1 Å². The SMILES string of the molecule is CC1(C)CC(=O)c2cc(Nc3ncnc4c3cnn4-c3ccccc3)ccc2O1. The van der Waals surface area contributed by atoms with E-state index in [1.807, 2.05) is 62.4 Å². The minimum atomic E-state index is -0.482. The molecule has 0 bridgehead atoms. The first-order valence-corrected chi connectivity index (χ1v) is 9.38. The number of Topliss-reactive ketones (excluding diaryl/α,β-unsaturated/α-hetero) is 1. The molecule has 0 saturated carbocycles. The molecule has 1 aliphatic heterocycles. The van der Waals surface area contributed by atoms with Crippen LogP contribution in [0, 0.1) is 0 Å². The van der Waals surface area contributed by atoms with Crippen LogP contribution in [0.2, 0.25) is 0 Å². The number of aromatic nitrogens is 4. The molecule has 0 spiro atoms. The maximum absolute atomic E-state index is 12.5. The van der Waals surface area contributed by atoms with Crippen molar-refractivity contribution in [3.63, 3.8) is 0 Å². The number of rotatable bonds is 3. The second kappa shape index (κ2) is 6.41. The molecule has 0 unspecified atom stereocenters. The molecule has 0 aliphatic carbocycles. The van der Waals surface area contributed by atoms with Gasteiger partial charge in [-0.2, -0.15) is 5.10 Å². The van der Waals surface area contributed by atoms with E-state index in [9.17, 15) is 4.79 Å². The van der Waals surface area contributed by atoms with E-state index in [0.29, 0.717) is 29.2 Å². The third-order valence-corrected chi connectivity index (χ3v) is 4.88. The van der Waals surface area contributed by atoms with Crippen molar-refractivity contribution in [1.82, 2.24) is 19.7 Å². The molecule has 1 N–H and O–H groups in total. The quantitative estimate of drug-likeness (QED) is 0.566. The summed E-state index contributed by atoms with van der Waals surface area (Å²) in [5.41, 5.74) is 2.48. The molecular formula is C22H19N5O2. The van der Waals surface area contributed by atoms with Crippen molar-refractivity contribution < 1.29 is 9.53 Å². The first-order valence-electron chi connectivity index (χ1n) is 9.38. The lowest BCUT2D eigenvalue weighted by Crippen LogP contribution is -2.35. The fraction of sp³-hybridized carbons (Fsp3) is 0.182. The van der Waals surface area contributed by atoms with Gasteiger partial charge in [0.2, 0.25) is 0 Å². The van der Waals surface area contributed by atoms with Crippen molar-refractivity contribution >= 4 is 28.3 Å². The molecule has 144 valence electrons. The lowest BCUT2D eigenvalue weighted by Gasteiger charge is -2.31. The van der Waals surface area contributed by atoms with Crippen LogP contribution in [0.5, 0.6) is 5.75 Å². The van der Waals surface area contributed by atoms with E-state index in [-0.39, 0.29) is 5.78 Å². The molecule has 4 aromatic rings. The first-order chi connectivity index (χ1) is 14.0. The number of nitrogens with one attached hydrogen (secondary N) is 1. The molecule has 29 heavy (non-hydrogen) atoms. The highest BCUT2D eigenvalue weighted by Crippen LogP contribution is 2.35. The first kappa shape index (κ1) is 17.4. The molecule has 0 atom stereocenters. The van der Waals surface area contributed by atoms with Crippen LogP contribution in [0.1, 0.15) is 30.6 Å². The highest BCUT2D eigenvalue weighted by Gasteiger charge is 2.32. The predicted octanol–water partition coefficient (Wildman–Crippen LogP) is 4.30. The minimum Gasteiger partial charge on any atom is -0.487 e. The summed E-state index contributed by atoms with van der Waals surface area (Å²) in [7, 11) is 0. The van der Waals surface area contributed by atoms with Gasteiger partial charge in [0.1, 0.15) is 23.5 Å². The van der Waals surface area contributed by atoms with Gasteiger partial charge in [-0.05, 0) is 44.2 Å². The summed E-state index contributed by atoms with van der Waals surface area (Å²) in [5.74, 6) is 1.31. The molecule has 7 heteroatoms.